The molecule has 0 heterocycles. The largest absolute Gasteiger partial charge is 0.460 e. The molecule has 0 aliphatic rings. The van der Waals surface area contributed by atoms with E-state index >= 15 is 0 Å². The minimum atomic E-state index is -4.39. The van der Waals surface area contributed by atoms with E-state index in [4.69, 9.17) is 4.74 Å². The lowest BCUT2D eigenvalue weighted by atomic mass is 10.1. The van der Waals surface area contributed by atoms with Crippen molar-refractivity contribution in [3.63, 3.8) is 0 Å². The molecule has 0 amide bonds. The molecule has 0 bridgehead atoms. The SMILES string of the molecule is CC(C)OC(=O)/C=C/c1cccc(C(F)(F)F)c1. The Balaban J connectivity index is 2.80. The molecular weight excluding hydrogens is 245 g/mol. The quantitative estimate of drug-likeness (QED) is 0.610. The maximum atomic E-state index is 12.4. The van der Waals surface area contributed by atoms with Crippen molar-refractivity contribution >= 4 is 12.0 Å². The fraction of sp³-hybridized carbons (Fsp3) is 0.308. The summed E-state index contributed by atoms with van der Waals surface area (Å²) in [4.78, 5) is 11.2. The number of carbonyl (C=O) groups excluding carboxylic acids is 1. The second-order valence-electron chi connectivity index (χ2n) is 3.94. The molecule has 1 aromatic carbocycles. The molecule has 98 valence electrons. The second-order valence-corrected chi connectivity index (χ2v) is 3.94. The highest BCUT2D eigenvalue weighted by atomic mass is 19.4. The predicted molar refractivity (Wildman–Crippen MR) is 61.7 cm³/mol. The highest BCUT2D eigenvalue weighted by Crippen LogP contribution is 2.29. The normalized spacial score (nSPS) is 12.1. The Morgan fingerprint density at radius 3 is 2.56 bits per heavy atom. The summed E-state index contributed by atoms with van der Waals surface area (Å²) in [5.74, 6) is -0.581. The van der Waals surface area contributed by atoms with Crippen LogP contribution in [-0.2, 0) is 15.7 Å². The van der Waals surface area contributed by atoms with Crippen molar-refractivity contribution in [2.24, 2.45) is 0 Å². The van der Waals surface area contributed by atoms with Gasteiger partial charge in [-0.1, -0.05) is 12.1 Å². The lowest BCUT2D eigenvalue weighted by Crippen LogP contribution is -2.08. The van der Waals surface area contributed by atoms with Crippen LogP contribution in [0.25, 0.3) is 6.08 Å². The summed E-state index contributed by atoms with van der Waals surface area (Å²) in [7, 11) is 0. The van der Waals surface area contributed by atoms with Crippen LogP contribution in [0.3, 0.4) is 0 Å². The van der Waals surface area contributed by atoms with Gasteiger partial charge < -0.3 is 4.74 Å². The third-order valence-electron chi connectivity index (χ3n) is 1.98. The Morgan fingerprint density at radius 1 is 1.33 bits per heavy atom. The summed E-state index contributed by atoms with van der Waals surface area (Å²) in [5, 5.41) is 0. The Labute approximate surface area is 103 Å². The lowest BCUT2D eigenvalue weighted by molar-refractivity contribution is -0.141. The first-order valence-corrected chi connectivity index (χ1v) is 5.35. The van der Waals surface area contributed by atoms with Gasteiger partial charge in [0, 0.05) is 6.08 Å². The van der Waals surface area contributed by atoms with Crippen molar-refractivity contribution in [3.05, 3.63) is 41.5 Å². The average Bonchev–Trinajstić information content (AvgIpc) is 2.25. The molecule has 0 saturated carbocycles. The van der Waals surface area contributed by atoms with Crippen LogP contribution in [0.5, 0.6) is 0 Å². The number of hydrogen-bond acceptors (Lipinski definition) is 2. The number of rotatable bonds is 3. The van der Waals surface area contributed by atoms with Crippen LogP contribution in [0.1, 0.15) is 25.0 Å². The fourth-order valence-electron chi connectivity index (χ4n) is 1.25. The second kappa shape index (κ2) is 5.71. The van der Waals surface area contributed by atoms with E-state index in [1.54, 1.807) is 13.8 Å². The predicted octanol–water partition coefficient (Wildman–Crippen LogP) is 3.67. The monoisotopic (exact) mass is 258 g/mol. The number of ether oxygens (including phenoxy) is 1. The van der Waals surface area contributed by atoms with E-state index < -0.39 is 17.7 Å². The molecule has 0 N–H and O–H groups in total. The molecular formula is C13H13F3O2. The van der Waals surface area contributed by atoms with Crippen LogP contribution in [-0.4, -0.2) is 12.1 Å². The van der Waals surface area contributed by atoms with Gasteiger partial charge in [-0.05, 0) is 37.6 Å². The first-order valence-electron chi connectivity index (χ1n) is 5.35. The van der Waals surface area contributed by atoms with Crippen LogP contribution in [0.2, 0.25) is 0 Å². The molecule has 0 saturated heterocycles. The van der Waals surface area contributed by atoms with Gasteiger partial charge in [0.05, 0.1) is 11.7 Å². The standard InChI is InChI=1S/C13H13F3O2/c1-9(2)18-12(17)7-6-10-4-3-5-11(8-10)13(14,15)16/h3-9H,1-2H3/b7-6+. The van der Waals surface area contributed by atoms with Gasteiger partial charge in [-0.25, -0.2) is 4.79 Å². The summed E-state index contributed by atoms with van der Waals surface area (Å²) < 4.78 is 42.1. The summed E-state index contributed by atoms with van der Waals surface area (Å²) in [6, 6.07) is 4.72. The number of benzene rings is 1. The zero-order valence-electron chi connectivity index (χ0n) is 9.99. The first-order chi connectivity index (χ1) is 8.29. The van der Waals surface area contributed by atoms with Crippen molar-refractivity contribution in [1.82, 2.24) is 0 Å². The molecule has 0 aromatic heterocycles. The van der Waals surface area contributed by atoms with Gasteiger partial charge in [0.15, 0.2) is 0 Å². The topological polar surface area (TPSA) is 26.3 Å². The fourth-order valence-corrected chi connectivity index (χ4v) is 1.25. The van der Waals surface area contributed by atoms with E-state index in [0.717, 1.165) is 18.2 Å². The van der Waals surface area contributed by atoms with Gasteiger partial charge >= 0.3 is 12.1 Å². The van der Waals surface area contributed by atoms with Crippen molar-refractivity contribution in [1.29, 1.82) is 0 Å². The lowest BCUT2D eigenvalue weighted by Gasteiger charge is -2.07. The van der Waals surface area contributed by atoms with Crippen LogP contribution >= 0.6 is 0 Å². The molecule has 1 rings (SSSR count). The van der Waals surface area contributed by atoms with Gasteiger partial charge in [0.1, 0.15) is 0 Å². The third kappa shape index (κ3) is 4.61. The molecule has 0 aliphatic carbocycles. The Hall–Kier alpha value is -1.78. The van der Waals surface area contributed by atoms with E-state index in [1.807, 2.05) is 0 Å². The van der Waals surface area contributed by atoms with Gasteiger partial charge in [-0.15, -0.1) is 0 Å². The molecule has 0 atom stereocenters. The molecule has 5 heteroatoms. The molecule has 1 aromatic rings. The van der Waals surface area contributed by atoms with Crippen LogP contribution in [0, 0.1) is 0 Å². The number of halogens is 3. The molecule has 0 radical (unpaired) electrons. The molecule has 0 unspecified atom stereocenters. The summed E-state index contributed by atoms with van der Waals surface area (Å²) in [6.45, 7) is 3.38. The van der Waals surface area contributed by atoms with Crippen molar-refractivity contribution in [3.8, 4) is 0 Å². The van der Waals surface area contributed by atoms with E-state index in [9.17, 15) is 18.0 Å². The smallest absolute Gasteiger partial charge is 0.416 e. The van der Waals surface area contributed by atoms with Crippen LogP contribution in [0.4, 0.5) is 13.2 Å². The van der Waals surface area contributed by atoms with Gasteiger partial charge in [0.2, 0.25) is 0 Å². The van der Waals surface area contributed by atoms with Crippen molar-refractivity contribution < 1.29 is 22.7 Å². The molecule has 2 nitrogen and oxygen atoms in total. The van der Waals surface area contributed by atoms with Crippen LogP contribution in [0.15, 0.2) is 30.3 Å². The number of carbonyl (C=O) groups is 1. The molecule has 0 spiro atoms. The third-order valence-corrected chi connectivity index (χ3v) is 1.98. The molecule has 0 aliphatic heterocycles. The zero-order chi connectivity index (χ0) is 13.8. The first kappa shape index (κ1) is 14.3. The zero-order valence-corrected chi connectivity index (χ0v) is 9.99. The Kier molecular flexibility index (Phi) is 4.53. The van der Waals surface area contributed by atoms with E-state index in [-0.39, 0.29) is 6.10 Å². The van der Waals surface area contributed by atoms with Gasteiger partial charge in [-0.2, -0.15) is 13.2 Å². The minimum absolute atomic E-state index is 0.261. The summed E-state index contributed by atoms with van der Waals surface area (Å²) in [6.07, 6.45) is -2.25. The van der Waals surface area contributed by atoms with Crippen molar-refractivity contribution in [2.75, 3.05) is 0 Å². The van der Waals surface area contributed by atoms with Crippen LogP contribution < -0.4 is 0 Å². The maximum absolute atomic E-state index is 12.4. The number of alkyl halides is 3. The van der Waals surface area contributed by atoms with E-state index in [0.29, 0.717) is 5.56 Å². The number of hydrogen-bond donors (Lipinski definition) is 0. The maximum Gasteiger partial charge on any atom is 0.416 e. The van der Waals surface area contributed by atoms with Crippen molar-refractivity contribution in [2.45, 2.75) is 26.1 Å². The molecule has 18 heavy (non-hydrogen) atoms. The Bertz CT molecular complexity index is 448. The van der Waals surface area contributed by atoms with E-state index in [1.165, 1.54) is 18.2 Å². The van der Waals surface area contributed by atoms with Gasteiger partial charge in [-0.3, -0.25) is 0 Å². The summed E-state index contributed by atoms with van der Waals surface area (Å²) in [5.41, 5.74) is -0.451. The number of esters is 1. The van der Waals surface area contributed by atoms with Gasteiger partial charge in [0.25, 0.3) is 0 Å². The highest BCUT2D eigenvalue weighted by Gasteiger charge is 2.30. The average molecular weight is 258 g/mol. The van der Waals surface area contributed by atoms with E-state index in [2.05, 4.69) is 0 Å². The molecule has 0 fully saturated rings. The minimum Gasteiger partial charge on any atom is -0.460 e. The Morgan fingerprint density at radius 2 is 2.00 bits per heavy atom. The highest BCUT2D eigenvalue weighted by molar-refractivity contribution is 5.87. The summed E-state index contributed by atoms with van der Waals surface area (Å²) >= 11 is 0.